The van der Waals surface area contributed by atoms with Gasteiger partial charge >= 0.3 is 0 Å². The summed E-state index contributed by atoms with van der Waals surface area (Å²) in [7, 11) is 0. The lowest BCUT2D eigenvalue weighted by molar-refractivity contribution is 1.09. The predicted octanol–water partition coefficient (Wildman–Crippen LogP) is 2.89. The van der Waals surface area contributed by atoms with E-state index in [9.17, 15) is 0 Å². The molecule has 0 aliphatic heterocycles. The molecule has 0 saturated heterocycles. The molecule has 1 aromatic carbocycles. The van der Waals surface area contributed by atoms with E-state index in [2.05, 4.69) is 23.3 Å². The van der Waals surface area contributed by atoms with E-state index >= 15 is 0 Å². The molecule has 0 amide bonds. The van der Waals surface area contributed by atoms with Gasteiger partial charge in [-0.2, -0.15) is 0 Å². The van der Waals surface area contributed by atoms with Gasteiger partial charge in [0.1, 0.15) is 0 Å². The molecule has 88 valence electrons. The lowest BCUT2D eigenvalue weighted by Crippen LogP contribution is -2.02. The quantitative estimate of drug-likeness (QED) is 0.793. The van der Waals surface area contributed by atoms with Crippen LogP contribution in [0.15, 0.2) is 36.7 Å². The van der Waals surface area contributed by atoms with E-state index in [4.69, 9.17) is 5.73 Å². The fraction of sp³-hybridized carbons (Fsp3) is 0.214. The lowest BCUT2D eigenvalue weighted by Gasteiger charge is -2.10. The highest BCUT2D eigenvalue weighted by atomic mass is 14.9. The number of nitrogen functional groups attached to an aromatic ring is 1. The first-order chi connectivity index (χ1) is 8.16. The van der Waals surface area contributed by atoms with Gasteiger partial charge in [-0.1, -0.05) is 0 Å². The number of nitrogens with zero attached hydrogens (tertiary/aromatic N) is 1. The predicted molar refractivity (Wildman–Crippen MR) is 71.9 cm³/mol. The highest BCUT2D eigenvalue weighted by molar-refractivity contribution is 5.56. The normalized spacial score (nSPS) is 10.2. The molecule has 0 spiro atoms. The second-order valence-electron chi connectivity index (χ2n) is 4.23. The van der Waals surface area contributed by atoms with Crippen LogP contribution in [0.5, 0.6) is 0 Å². The van der Waals surface area contributed by atoms with Crippen LogP contribution in [-0.2, 0) is 6.54 Å². The van der Waals surface area contributed by atoms with E-state index in [1.807, 2.05) is 37.5 Å². The Morgan fingerprint density at radius 2 is 2.00 bits per heavy atom. The van der Waals surface area contributed by atoms with Crippen molar-refractivity contribution in [2.45, 2.75) is 20.4 Å². The van der Waals surface area contributed by atoms with Crippen LogP contribution < -0.4 is 11.1 Å². The fourth-order valence-electron chi connectivity index (χ4n) is 1.68. The van der Waals surface area contributed by atoms with Crippen LogP contribution in [-0.4, -0.2) is 4.98 Å². The van der Waals surface area contributed by atoms with Gasteiger partial charge in [-0.25, -0.2) is 0 Å². The average molecular weight is 227 g/mol. The van der Waals surface area contributed by atoms with E-state index in [1.165, 1.54) is 11.1 Å². The molecule has 2 aromatic rings. The van der Waals surface area contributed by atoms with Crippen molar-refractivity contribution >= 4 is 11.4 Å². The molecule has 3 heteroatoms. The van der Waals surface area contributed by atoms with Crippen LogP contribution in [0.1, 0.15) is 16.7 Å². The zero-order valence-corrected chi connectivity index (χ0v) is 10.2. The van der Waals surface area contributed by atoms with E-state index in [0.29, 0.717) is 0 Å². The Bertz CT molecular complexity index is 521. The summed E-state index contributed by atoms with van der Waals surface area (Å²) in [5.74, 6) is 0. The summed E-state index contributed by atoms with van der Waals surface area (Å²) in [6.07, 6.45) is 3.70. The minimum Gasteiger partial charge on any atom is -0.399 e. The molecule has 0 aliphatic carbocycles. The van der Waals surface area contributed by atoms with Gasteiger partial charge in [0.05, 0.1) is 0 Å². The van der Waals surface area contributed by atoms with Crippen LogP contribution in [0, 0.1) is 13.8 Å². The van der Waals surface area contributed by atoms with E-state index in [1.54, 1.807) is 0 Å². The van der Waals surface area contributed by atoms with Crippen molar-refractivity contribution in [2.75, 3.05) is 11.1 Å². The Labute approximate surface area is 102 Å². The van der Waals surface area contributed by atoms with Crippen molar-refractivity contribution in [3.63, 3.8) is 0 Å². The highest BCUT2D eigenvalue weighted by Crippen LogP contribution is 2.17. The third-order valence-electron chi connectivity index (χ3n) is 2.89. The molecule has 0 fully saturated rings. The van der Waals surface area contributed by atoms with Gasteiger partial charge < -0.3 is 11.1 Å². The zero-order valence-electron chi connectivity index (χ0n) is 10.2. The molecule has 0 atom stereocenters. The summed E-state index contributed by atoms with van der Waals surface area (Å²) in [5, 5.41) is 3.39. The molecular formula is C14H17N3. The maximum absolute atomic E-state index is 5.78. The topological polar surface area (TPSA) is 50.9 Å². The monoisotopic (exact) mass is 227 g/mol. The molecule has 0 unspecified atom stereocenters. The first-order valence-electron chi connectivity index (χ1n) is 5.66. The number of hydrogen-bond acceptors (Lipinski definition) is 3. The highest BCUT2D eigenvalue weighted by Gasteiger charge is 1.99. The van der Waals surface area contributed by atoms with E-state index in [-0.39, 0.29) is 0 Å². The molecule has 3 N–H and O–H groups in total. The summed E-state index contributed by atoms with van der Waals surface area (Å²) < 4.78 is 0. The van der Waals surface area contributed by atoms with Gasteiger partial charge in [-0.3, -0.25) is 4.98 Å². The van der Waals surface area contributed by atoms with Crippen molar-refractivity contribution in [2.24, 2.45) is 0 Å². The summed E-state index contributed by atoms with van der Waals surface area (Å²) in [4.78, 5) is 4.08. The third kappa shape index (κ3) is 2.75. The van der Waals surface area contributed by atoms with Gasteiger partial charge in [0.2, 0.25) is 0 Å². The number of hydrogen-bond donors (Lipinski definition) is 2. The molecule has 17 heavy (non-hydrogen) atoms. The lowest BCUT2D eigenvalue weighted by atomic mass is 10.1. The first kappa shape index (κ1) is 11.5. The average Bonchev–Trinajstić information content (AvgIpc) is 2.32. The van der Waals surface area contributed by atoms with Crippen LogP contribution in [0.4, 0.5) is 11.4 Å². The Hall–Kier alpha value is -2.03. The van der Waals surface area contributed by atoms with Crippen molar-refractivity contribution in [3.8, 4) is 0 Å². The van der Waals surface area contributed by atoms with Gasteiger partial charge in [0.15, 0.2) is 0 Å². The number of anilines is 2. The van der Waals surface area contributed by atoms with Gasteiger partial charge in [-0.05, 0) is 54.8 Å². The number of benzene rings is 1. The van der Waals surface area contributed by atoms with Crippen molar-refractivity contribution in [1.82, 2.24) is 4.98 Å². The Kier molecular flexibility index (Phi) is 3.28. The second kappa shape index (κ2) is 4.87. The largest absolute Gasteiger partial charge is 0.399 e. The van der Waals surface area contributed by atoms with Crippen molar-refractivity contribution < 1.29 is 0 Å². The molecule has 3 nitrogen and oxygen atoms in total. The maximum Gasteiger partial charge on any atom is 0.0404 e. The summed E-state index contributed by atoms with van der Waals surface area (Å²) in [6, 6.07) is 8.02. The minimum absolute atomic E-state index is 0.803. The van der Waals surface area contributed by atoms with E-state index < -0.39 is 0 Å². The molecule has 0 bridgehead atoms. The number of aryl methyl sites for hydroxylation is 2. The van der Waals surface area contributed by atoms with Crippen molar-refractivity contribution in [1.29, 1.82) is 0 Å². The summed E-state index contributed by atoms with van der Waals surface area (Å²) >= 11 is 0. The fourth-order valence-corrected chi connectivity index (χ4v) is 1.68. The maximum atomic E-state index is 5.78. The third-order valence-corrected chi connectivity index (χ3v) is 2.89. The number of pyridine rings is 1. The van der Waals surface area contributed by atoms with Crippen LogP contribution in [0.25, 0.3) is 0 Å². The standard InChI is InChI=1S/C14H17N3/c1-10-7-13(3-4-14(10)15)17-9-12-5-6-16-8-11(12)2/h3-8,17H,9,15H2,1-2H3. The van der Waals surface area contributed by atoms with Crippen LogP contribution in [0.2, 0.25) is 0 Å². The Morgan fingerprint density at radius 3 is 2.71 bits per heavy atom. The molecule has 2 rings (SSSR count). The molecular weight excluding hydrogens is 210 g/mol. The molecule has 1 heterocycles. The zero-order chi connectivity index (χ0) is 12.3. The SMILES string of the molecule is Cc1cc(NCc2ccncc2C)ccc1N. The van der Waals surface area contributed by atoms with E-state index in [0.717, 1.165) is 23.5 Å². The number of nitrogens with one attached hydrogen (secondary N) is 1. The smallest absolute Gasteiger partial charge is 0.0404 e. The van der Waals surface area contributed by atoms with Gasteiger partial charge in [0, 0.05) is 30.3 Å². The number of nitrogens with two attached hydrogens (primary N) is 1. The second-order valence-corrected chi connectivity index (χ2v) is 4.23. The molecule has 1 aromatic heterocycles. The van der Waals surface area contributed by atoms with Crippen LogP contribution >= 0.6 is 0 Å². The number of aromatic nitrogens is 1. The molecule has 0 saturated carbocycles. The Morgan fingerprint density at radius 1 is 1.18 bits per heavy atom. The summed E-state index contributed by atoms with van der Waals surface area (Å²) in [6.45, 7) is 4.88. The molecule has 0 radical (unpaired) electrons. The number of rotatable bonds is 3. The van der Waals surface area contributed by atoms with Gasteiger partial charge in [-0.15, -0.1) is 0 Å². The first-order valence-corrected chi connectivity index (χ1v) is 5.66. The van der Waals surface area contributed by atoms with Gasteiger partial charge in [0.25, 0.3) is 0 Å². The van der Waals surface area contributed by atoms with Crippen molar-refractivity contribution in [3.05, 3.63) is 53.3 Å². The molecule has 0 aliphatic rings. The Balaban J connectivity index is 2.08. The minimum atomic E-state index is 0.803. The van der Waals surface area contributed by atoms with Crippen LogP contribution in [0.3, 0.4) is 0 Å². The summed E-state index contributed by atoms with van der Waals surface area (Å²) in [5.41, 5.74) is 11.3.